The van der Waals surface area contributed by atoms with Crippen LogP contribution in [0.4, 0.5) is 0 Å². The summed E-state index contributed by atoms with van der Waals surface area (Å²) in [6.07, 6.45) is 6.47. The van der Waals surface area contributed by atoms with Crippen molar-refractivity contribution >= 4 is 0 Å². The molecule has 0 aliphatic rings. The maximum atomic E-state index is 3.92. The van der Waals surface area contributed by atoms with E-state index in [4.69, 9.17) is 0 Å². The fourth-order valence-corrected chi connectivity index (χ4v) is 1.54. The summed E-state index contributed by atoms with van der Waals surface area (Å²) in [5.41, 5.74) is 3.83. The van der Waals surface area contributed by atoms with Crippen molar-refractivity contribution in [1.82, 2.24) is 0 Å². The van der Waals surface area contributed by atoms with Crippen LogP contribution in [0.1, 0.15) is 30.9 Å². The molecule has 0 amide bonds. The molecule has 1 rings (SSSR count). The van der Waals surface area contributed by atoms with Gasteiger partial charge in [-0.1, -0.05) is 62.4 Å². The van der Waals surface area contributed by atoms with Crippen molar-refractivity contribution in [3.63, 3.8) is 0 Å². The molecule has 0 aliphatic carbocycles. The Hall–Kier alpha value is -1.30. The summed E-state index contributed by atoms with van der Waals surface area (Å²) in [4.78, 5) is 0. The van der Waals surface area contributed by atoms with Crippen molar-refractivity contribution < 1.29 is 0 Å². The predicted octanol–water partition coefficient (Wildman–Crippen LogP) is 4.31. The van der Waals surface area contributed by atoms with Gasteiger partial charge in [0.05, 0.1) is 0 Å². The maximum absolute atomic E-state index is 3.92. The van der Waals surface area contributed by atoms with Gasteiger partial charge in [-0.3, -0.25) is 0 Å². The highest BCUT2D eigenvalue weighted by atomic mass is 14.0. The van der Waals surface area contributed by atoms with E-state index in [2.05, 4.69) is 44.3 Å². The number of rotatable bonds is 6. The Labute approximate surface area is 93.3 Å². The van der Waals surface area contributed by atoms with Crippen molar-refractivity contribution in [3.05, 3.63) is 60.2 Å². The topological polar surface area (TPSA) is 0 Å². The lowest BCUT2D eigenvalue weighted by Gasteiger charge is -2.03. The van der Waals surface area contributed by atoms with Gasteiger partial charge in [0.2, 0.25) is 0 Å². The molecular formula is C15H20. The van der Waals surface area contributed by atoms with Gasteiger partial charge in [0.15, 0.2) is 0 Å². The highest BCUT2D eigenvalue weighted by Crippen LogP contribution is 2.11. The smallest absolute Gasteiger partial charge is 0.00319 e. The molecule has 0 atom stereocenters. The number of aryl methyl sites for hydroxylation is 1. The molecule has 1 aromatic rings. The highest BCUT2D eigenvalue weighted by Gasteiger charge is 1.95. The van der Waals surface area contributed by atoms with Crippen LogP contribution in [0.25, 0.3) is 0 Å². The molecule has 0 bridgehead atoms. The van der Waals surface area contributed by atoms with Crippen molar-refractivity contribution in [3.8, 4) is 0 Å². The van der Waals surface area contributed by atoms with Gasteiger partial charge >= 0.3 is 0 Å². The largest absolute Gasteiger partial charge is 0.0988 e. The zero-order valence-electron chi connectivity index (χ0n) is 9.63. The Morgan fingerprint density at radius 3 is 2.33 bits per heavy atom. The van der Waals surface area contributed by atoms with E-state index in [0.717, 1.165) is 12.0 Å². The summed E-state index contributed by atoms with van der Waals surface area (Å²) >= 11 is 0. The van der Waals surface area contributed by atoms with E-state index in [0.29, 0.717) is 0 Å². The molecule has 0 nitrogen and oxygen atoms in total. The van der Waals surface area contributed by atoms with Crippen LogP contribution in [0.15, 0.2) is 49.1 Å². The van der Waals surface area contributed by atoms with Gasteiger partial charge in [0.1, 0.15) is 0 Å². The number of unbranched alkanes of at least 4 members (excludes halogenated alkanes) is 1. The zero-order valence-corrected chi connectivity index (χ0v) is 9.63. The number of hydrogen-bond donors (Lipinski definition) is 0. The minimum Gasteiger partial charge on any atom is -0.0988 e. The molecule has 15 heavy (non-hydrogen) atoms. The van der Waals surface area contributed by atoms with E-state index in [-0.39, 0.29) is 0 Å². The van der Waals surface area contributed by atoms with Gasteiger partial charge in [-0.15, -0.1) is 0 Å². The van der Waals surface area contributed by atoms with E-state index < -0.39 is 0 Å². The number of hydrogen-bond acceptors (Lipinski definition) is 0. The summed E-state index contributed by atoms with van der Waals surface area (Å²) in [6.45, 7) is 9.86. The highest BCUT2D eigenvalue weighted by molar-refractivity contribution is 5.28. The zero-order chi connectivity index (χ0) is 11.1. The summed E-state index contributed by atoms with van der Waals surface area (Å²) in [6, 6.07) is 8.84. The monoisotopic (exact) mass is 200 g/mol. The van der Waals surface area contributed by atoms with E-state index in [1.807, 2.05) is 6.08 Å². The van der Waals surface area contributed by atoms with Gasteiger partial charge in [0, 0.05) is 0 Å². The summed E-state index contributed by atoms with van der Waals surface area (Å²) in [5.74, 6) is 0. The third kappa shape index (κ3) is 4.16. The second kappa shape index (κ2) is 6.23. The lowest BCUT2D eigenvalue weighted by Crippen LogP contribution is -1.89. The Bertz CT molecular complexity index is 316. The van der Waals surface area contributed by atoms with Gasteiger partial charge in [0.25, 0.3) is 0 Å². The first-order valence-corrected chi connectivity index (χ1v) is 5.64. The lowest BCUT2D eigenvalue weighted by atomic mass is 10.0. The molecule has 1 aromatic carbocycles. The molecule has 0 radical (unpaired) electrons. The van der Waals surface area contributed by atoms with Gasteiger partial charge in [-0.25, -0.2) is 0 Å². The fraction of sp³-hybridized carbons (Fsp3) is 0.333. The SMILES string of the molecule is C=CC(=C)Cc1ccc(CCCC)cc1. The van der Waals surface area contributed by atoms with Crippen molar-refractivity contribution in [2.45, 2.75) is 32.6 Å². The van der Waals surface area contributed by atoms with Crippen LogP contribution >= 0.6 is 0 Å². The summed E-state index contributed by atoms with van der Waals surface area (Å²) < 4.78 is 0. The molecule has 0 fully saturated rings. The normalized spacial score (nSPS) is 9.93. The van der Waals surface area contributed by atoms with Crippen LogP contribution < -0.4 is 0 Å². The maximum Gasteiger partial charge on any atom is -0.00319 e. The van der Waals surface area contributed by atoms with Crippen LogP contribution in [0.5, 0.6) is 0 Å². The molecule has 0 N–H and O–H groups in total. The van der Waals surface area contributed by atoms with E-state index in [1.54, 1.807) is 0 Å². The van der Waals surface area contributed by atoms with E-state index >= 15 is 0 Å². The molecule has 0 unspecified atom stereocenters. The van der Waals surface area contributed by atoms with Gasteiger partial charge < -0.3 is 0 Å². The molecule has 0 saturated carbocycles. The summed E-state index contributed by atoms with van der Waals surface area (Å²) in [7, 11) is 0. The van der Waals surface area contributed by atoms with Crippen molar-refractivity contribution in [2.24, 2.45) is 0 Å². The van der Waals surface area contributed by atoms with Crippen LogP contribution in [0, 0.1) is 0 Å². The third-order valence-electron chi connectivity index (χ3n) is 2.56. The first kappa shape index (κ1) is 11.8. The Morgan fingerprint density at radius 2 is 1.80 bits per heavy atom. The molecule has 0 aromatic heterocycles. The van der Waals surface area contributed by atoms with Crippen LogP contribution in [0.3, 0.4) is 0 Å². The molecular weight excluding hydrogens is 180 g/mol. The first-order valence-electron chi connectivity index (χ1n) is 5.64. The third-order valence-corrected chi connectivity index (χ3v) is 2.56. The first-order chi connectivity index (χ1) is 7.26. The Morgan fingerprint density at radius 1 is 1.20 bits per heavy atom. The minimum absolute atomic E-state index is 0.914. The lowest BCUT2D eigenvalue weighted by molar-refractivity contribution is 0.795. The standard InChI is InChI=1S/C15H20/c1-4-6-7-14-8-10-15(11-9-14)12-13(3)5-2/h5,8-11H,2-4,6-7,12H2,1H3. The Balaban J connectivity index is 2.55. The molecule has 0 aliphatic heterocycles. The Kier molecular flexibility index (Phi) is 4.89. The van der Waals surface area contributed by atoms with Crippen LogP contribution in [-0.2, 0) is 12.8 Å². The molecule has 0 spiro atoms. The second-order valence-electron chi connectivity index (χ2n) is 3.96. The fourth-order valence-electron chi connectivity index (χ4n) is 1.54. The second-order valence-corrected chi connectivity index (χ2v) is 3.96. The van der Waals surface area contributed by atoms with Crippen molar-refractivity contribution in [1.29, 1.82) is 0 Å². The number of allylic oxidation sites excluding steroid dienone is 2. The van der Waals surface area contributed by atoms with Crippen molar-refractivity contribution in [2.75, 3.05) is 0 Å². The molecule has 80 valence electrons. The average molecular weight is 200 g/mol. The predicted molar refractivity (Wildman–Crippen MR) is 68.1 cm³/mol. The van der Waals surface area contributed by atoms with Crippen LogP contribution in [0.2, 0.25) is 0 Å². The molecule has 0 heterocycles. The van der Waals surface area contributed by atoms with E-state index in [1.165, 1.54) is 30.4 Å². The average Bonchev–Trinajstić information content (AvgIpc) is 2.28. The van der Waals surface area contributed by atoms with Gasteiger partial charge in [-0.2, -0.15) is 0 Å². The van der Waals surface area contributed by atoms with Crippen LogP contribution in [-0.4, -0.2) is 0 Å². The minimum atomic E-state index is 0.914. The quantitative estimate of drug-likeness (QED) is 0.600. The number of benzene rings is 1. The van der Waals surface area contributed by atoms with Gasteiger partial charge in [-0.05, 0) is 30.4 Å². The van der Waals surface area contributed by atoms with E-state index in [9.17, 15) is 0 Å². The molecule has 0 heteroatoms. The molecule has 0 saturated heterocycles. The summed E-state index contributed by atoms with van der Waals surface area (Å²) in [5, 5.41) is 0.